The van der Waals surface area contributed by atoms with Crippen LogP contribution in [-0.2, 0) is 6.42 Å². The Kier molecular flexibility index (Phi) is 4.25. The van der Waals surface area contributed by atoms with Crippen molar-refractivity contribution in [1.82, 2.24) is 5.32 Å². The Hall–Kier alpha value is -1.06. The highest BCUT2D eigenvalue weighted by Crippen LogP contribution is 2.27. The van der Waals surface area contributed by atoms with Gasteiger partial charge in [-0.15, -0.1) is 0 Å². The lowest BCUT2D eigenvalue weighted by Gasteiger charge is -2.15. The number of rotatable bonds is 4. The van der Waals surface area contributed by atoms with Gasteiger partial charge in [0.15, 0.2) is 0 Å². The van der Waals surface area contributed by atoms with Crippen LogP contribution in [-0.4, -0.2) is 7.05 Å². The molecule has 0 bridgehead atoms. The fraction of sp³-hybridized carbons (Fsp3) is 0.333. The highest BCUT2D eigenvalue weighted by molar-refractivity contribution is 9.10. The first-order chi connectivity index (χ1) is 8.65. The van der Waals surface area contributed by atoms with Crippen molar-refractivity contribution in [3.63, 3.8) is 0 Å². The molecule has 2 nitrogen and oxygen atoms in total. The first kappa shape index (κ1) is 13.4. The summed E-state index contributed by atoms with van der Waals surface area (Å²) in [5.41, 5.74) is 2.45. The van der Waals surface area contributed by atoms with E-state index in [0.717, 1.165) is 22.4 Å². The van der Waals surface area contributed by atoms with Crippen LogP contribution < -0.4 is 5.32 Å². The second kappa shape index (κ2) is 5.72. The van der Waals surface area contributed by atoms with E-state index in [-0.39, 0.29) is 6.04 Å². The van der Waals surface area contributed by atoms with E-state index in [4.69, 9.17) is 4.42 Å². The third-order valence-electron chi connectivity index (χ3n) is 3.12. The van der Waals surface area contributed by atoms with Crippen molar-refractivity contribution in [2.24, 2.45) is 0 Å². The molecule has 1 aromatic carbocycles. The molecule has 18 heavy (non-hydrogen) atoms. The van der Waals surface area contributed by atoms with Gasteiger partial charge in [-0.2, -0.15) is 0 Å². The molecule has 0 aliphatic rings. The predicted molar refractivity (Wildman–Crippen MR) is 77.9 cm³/mol. The maximum absolute atomic E-state index is 5.84. The number of benzene rings is 1. The Labute approximate surface area is 117 Å². The van der Waals surface area contributed by atoms with Crippen LogP contribution >= 0.6 is 15.9 Å². The third-order valence-corrected chi connectivity index (χ3v) is 4.01. The number of halogens is 1. The van der Waals surface area contributed by atoms with Gasteiger partial charge in [0, 0.05) is 10.9 Å². The minimum atomic E-state index is 0.108. The van der Waals surface area contributed by atoms with Crippen molar-refractivity contribution in [1.29, 1.82) is 0 Å². The number of nitrogens with one attached hydrogen (secondary N) is 1. The lowest BCUT2D eigenvalue weighted by molar-refractivity contribution is 0.434. The van der Waals surface area contributed by atoms with Gasteiger partial charge in [-0.25, -0.2) is 0 Å². The average molecular weight is 308 g/mol. The molecule has 0 fully saturated rings. The smallest absolute Gasteiger partial charge is 0.125 e. The van der Waals surface area contributed by atoms with E-state index >= 15 is 0 Å². The summed E-state index contributed by atoms with van der Waals surface area (Å²) in [7, 11) is 1.95. The average Bonchev–Trinajstić information content (AvgIpc) is 2.83. The van der Waals surface area contributed by atoms with Crippen LogP contribution in [0.1, 0.15) is 35.6 Å². The van der Waals surface area contributed by atoms with Gasteiger partial charge in [-0.1, -0.05) is 35.0 Å². The van der Waals surface area contributed by atoms with Gasteiger partial charge in [0.1, 0.15) is 11.5 Å². The molecule has 0 aliphatic heterocycles. The molecule has 1 aromatic heterocycles. The maximum Gasteiger partial charge on any atom is 0.125 e. The van der Waals surface area contributed by atoms with Crippen LogP contribution in [0.5, 0.6) is 0 Å². The first-order valence-corrected chi connectivity index (χ1v) is 6.97. The lowest BCUT2D eigenvalue weighted by atomic mass is 10.0. The van der Waals surface area contributed by atoms with Crippen molar-refractivity contribution in [3.05, 3.63) is 57.5 Å². The zero-order valence-electron chi connectivity index (χ0n) is 11.0. The summed E-state index contributed by atoms with van der Waals surface area (Å²) in [4.78, 5) is 0. The van der Waals surface area contributed by atoms with Crippen LogP contribution in [0.2, 0.25) is 0 Å². The molecule has 0 saturated heterocycles. The van der Waals surface area contributed by atoms with Gasteiger partial charge in [-0.05, 0) is 43.3 Å². The molecule has 0 spiro atoms. The number of hydrogen-bond donors (Lipinski definition) is 1. The molecule has 0 aliphatic carbocycles. The molecule has 96 valence electrons. The van der Waals surface area contributed by atoms with E-state index in [1.54, 1.807) is 0 Å². The predicted octanol–water partition coefficient (Wildman–Crippen LogP) is 4.22. The Morgan fingerprint density at radius 1 is 1.28 bits per heavy atom. The molecular weight excluding hydrogens is 290 g/mol. The minimum absolute atomic E-state index is 0.108. The molecule has 2 aromatic rings. The van der Waals surface area contributed by atoms with Crippen molar-refractivity contribution in [2.75, 3.05) is 7.05 Å². The fourth-order valence-corrected chi connectivity index (χ4v) is 2.31. The van der Waals surface area contributed by atoms with Crippen LogP contribution in [0.4, 0.5) is 0 Å². The lowest BCUT2D eigenvalue weighted by Crippen LogP contribution is -2.17. The van der Waals surface area contributed by atoms with E-state index in [9.17, 15) is 0 Å². The van der Waals surface area contributed by atoms with Crippen molar-refractivity contribution >= 4 is 15.9 Å². The molecule has 1 heterocycles. The van der Waals surface area contributed by atoms with Crippen LogP contribution in [0, 0.1) is 6.92 Å². The third kappa shape index (κ3) is 2.68. The van der Waals surface area contributed by atoms with E-state index in [1.165, 1.54) is 11.1 Å². The van der Waals surface area contributed by atoms with Gasteiger partial charge >= 0.3 is 0 Å². The number of furan rings is 1. The standard InChI is InChI=1S/C15H18BrNO/c1-4-12-6-8-14(18-12)15(17-3)11-5-7-13(16)10(2)9-11/h5-9,15,17H,4H2,1-3H3. The van der Waals surface area contributed by atoms with Crippen LogP contribution in [0.3, 0.4) is 0 Å². The van der Waals surface area contributed by atoms with Gasteiger partial charge in [0.05, 0.1) is 6.04 Å². The summed E-state index contributed by atoms with van der Waals surface area (Å²) < 4.78 is 6.97. The van der Waals surface area contributed by atoms with Crippen molar-refractivity contribution in [2.45, 2.75) is 26.3 Å². The SMILES string of the molecule is CCc1ccc(C(NC)c2ccc(Br)c(C)c2)o1. The van der Waals surface area contributed by atoms with Gasteiger partial charge in [0.25, 0.3) is 0 Å². The van der Waals surface area contributed by atoms with E-state index < -0.39 is 0 Å². The van der Waals surface area contributed by atoms with Crippen LogP contribution in [0.15, 0.2) is 39.2 Å². The zero-order chi connectivity index (χ0) is 13.1. The molecule has 1 unspecified atom stereocenters. The van der Waals surface area contributed by atoms with E-state index in [2.05, 4.69) is 59.4 Å². The molecule has 0 saturated carbocycles. The quantitative estimate of drug-likeness (QED) is 0.915. The second-order valence-corrected chi connectivity index (χ2v) is 5.24. The molecule has 0 radical (unpaired) electrons. The summed E-state index contributed by atoms with van der Waals surface area (Å²) in [5, 5.41) is 3.31. The Morgan fingerprint density at radius 3 is 2.61 bits per heavy atom. The zero-order valence-corrected chi connectivity index (χ0v) is 12.5. The summed E-state index contributed by atoms with van der Waals surface area (Å²) in [6.45, 7) is 4.20. The maximum atomic E-state index is 5.84. The van der Waals surface area contributed by atoms with Crippen molar-refractivity contribution in [3.8, 4) is 0 Å². The first-order valence-electron chi connectivity index (χ1n) is 6.17. The van der Waals surface area contributed by atoms with Gasteiger partial charge < -0.3 is 9.73 Å². The monoisotopic (exact) mass is 307 g/mol. The summed E-state index contributed by atoms with van der Waals surface area (Å²) in [6.07, 6.45) is 0.926. The molecular formula is C15H18BrNO. The minimum Gasteiger partial charge on any atom is -0.464 e. The molecule has 2 rings (SSSR count). The number of hydrogen-bond acceptors (Lipinski definition) is 2. The molecule has 1 N–H and O–H groups in total. The van der Waals surface area contributed by atoms with E-state index in [0.29, 0.717) is 0 Å². The summed E-state index contributed by atoms with van der Waals surface area (Å²) in [5.74, 6) is 2.00. The topological polar surface area (TPSA) is 25.2 Å². The van der Waals surface area contributed by atoms with Gasteiger partial charge in [-0.3, -0.25) is 0 Å². The Balaban J connectivity index is 2.35. The van der Waals surface area contributed by atoms with E-state index in [1.807, 2.05) is 13.1 Å². The highest BCUT2D eigenvalue weighted by atomic mass is 79.9. The molecule has 3 heteroatoms. The Morgan fingerprint density at radius 2 is 2.06 bits per heavy atom. The van der Waals surface area contributed by atoms with Gasteiger partial charge in [0.2, 0.25) is 0 Å². The molecule has 1 atom stereocenters. The van der Waals surface area contributed by atoms with Crippen molar-refractivity contribution < 1.29 is 4.42 Å². The largest absolute Gasteiger partial charge is 0.464 e. The molecule has 0 amide bonds. The fourth-order valence-electron chi connectivity index (χ4n) is 2.06. The number of aryl methyl sites for hydroxylation is 2. The Bertz CT molecular complexity index is 533. The van der Waals surface area contributed by atoms with Crippen LogP contribution in [0.25, 0.3) is 0 Å². The summed E-state index contributed by atoms with van der Waals surface area (Å²) in [6, 6.07) is 10.6. The normalized spacial score (nSPS) is 12.7. The highest BCUT2D eigenvalue weighted by Gasteiger charge is 2.16. The second-order valence-electron chi connectivity index (χ2n) is 4.39. The summed E-state index contributed by atoms with van der Waals surface area (Å²) >= 11 is 3.53.